The highest BCUT2D eigenvalue weighted by Crippen LogP contribution is 2.27. The molecule has 1 N–H and O–H groups in total. The molecule has 4 heteroatoms. The van der Waals surface area contributed by atoms with Gasteiger partial charge in [0.2, 0.25) is 0 Å². The molecular formula is C20H20N2O2. The number of nitrogens with zero attached hydrogens (tertiary/aromatic N) is 1. The van der Waals surface area contributed by atoms with Gasteiger partial charge < -0.3 is 14.6 Å². The van der Waals surface area contributed by atoms with E-state index in [1.165, 1.54) is 11.1 Å². The van der Waals surface area contributed by atoms with E-state index >= 15 is 0 Å². The Labute approximate surface area is 141 Å². The summed E-state index contributed by atoms with van der Waals surface area (Å²) in [6, 6.07) is 14.2. The molecule has 1 aliphatic heterocycles. The summed E-state index contributed by atoms with van der Waals surface area (Å²) in [6.45, 7) is 3.43. The second kappa shape index (κ2) is 5.71. The summed E-state index contributed by atoms with van der Waals surface area (Å²) >= 11 is 0. The van der Waals surface area contributed by atoms with Crippen molar-refractivity contribution >= 4 is 16.8 Å². The normalized spacial score (nSPS) is 13.8. The molecule has 0 fully saturated rings. The number of H-pyrrole nitrogens is 1. The second-order valence-electron chi connectivity index (χ2n) is 6.28. The molecule has 2 heterocycles. The summed E-state index contributed by atoms with van der Waals surface area (Å²) < 4.78 is 5.27. The maximum Gasteiger partial charge on any atom is 0.270 e. The Kier molecular flexibility index (Phi) is 3.53. The van der Waals surface area contributed by atoms with Gasteiger partial charge in [0.15, 0.2) is 0 Å². The molecule has 1 amide bonds. The Morgan fingerprint density at radius 3 is 2.75 bits per heavy atom. The third kappa shape index (κ3) is 2.35. The Morgan fingerprint density at radius 1 is 1.17 bits per heavy atom. The van der Waals surface area contributed by atoms with Gasteiger partial charge >= 0.3 is 0 Å². The fourth-order valence-corrected chi connectivity index (χ4v) is 3.48. The van der Waals surface area contributed by atoms with E-state index in [0.29, 0.717) is 12.2 Å². The molecule has 1 aliphatic rings. The van der Waals surface area contributed by atoms with Crippen LogP contribution in [0.15, 0.2) is 42.5 Å². The summed E-state index contributed by atoms with van der Waals surface area (Å²) in [5.74, 6) is 0.854. The number of ether oxygens (including phenoxy) is 1. The van der Waals surface area contributed by atoms with E-state index in [1.807, 2.05) is 36.1 Å². The number of rotatable bonds is 2. The van der Waals surface area contributed by atoms with Crippen LogP contribution in [0, 0.1) is 6.92 Å². The highest BCUT2D eigenvalue weighted by molar-refractivity contribution is 6.01. The van der Waals surface area contributed by atoms with Crippen molar-refractivity contribution in [3.63, 3.8) is 0 Å². The lowest BCUT2D eigenvalue weighted by Crippen LogP contribution is -2.36. The monoisotopic (exact) mass is 320 g/mol. The summed E-state index contributed by atoms with van der Waals surface area (Å²) in [6.07, 6.45) is 0.912. The van der Waals surface area contributed by atoms with Crippen molar-refractivity contribution in [1.82, 2.24) is 9.88 Å². The number of hydrogen-bond acceptors (Lipinski definition) is 2. The number of methoxy groups -OCH3 is 1. The number of hydrogen-bond donors (Lipinski definition) is 1. The van der Waals surface area contributed by atoms with Gasteiger partial charge in [0.05, 0.1) is 7.11 Å². The third-order valence-corrected chi connectivity index (χ3v) is 4.90. The van der Waals surface area contributed by atoms with Crippen molar-refractivity contribution < 1.29 is 9.53 Å². The standard InChI is InChI=1S/C20H20N2O2/c1-13-17-8-7-16(24-2)11-18(17)21-19(13)20(23)22-10-9-14-5-3-4-6-15(14)12-22/h3-8,11,21H,9-10,12H2,1-2H3. The van der Waals surface area contributed by atoms with E-state index in [2.05, 4.69) is 23.2 Å². The molecule has 0 bridgehead atoms. The molecular weight excluding hydrogens is 300 g/mol. The van der Waals surface area contributed by atoms with E-state index < -0.39 is 0 Å². The fraction of sp³-hybridized carbons (Fsp3) is 0.250. The summed E-state index contributed by atoms with van der Waals surface area (Å²) in [4.78, 5) is 18.2. The topological polar surface area (TPSA) is 45.3 Å². The minimum Gasteiger partial charge on any atom is -0.497 e. The van der Waals surface area contributed by atoms with E-state index in [9.17, 15) is 4.79 Å². The largest absolute Gasteiger partial charge is 0.497 e. The fourth-order valence-electron chi connectivity index (χ4n) is 3.48. The first-order valence-electron chi connectivity index (χ1n) is 8.20. The maximum absolute atomic E-state index is 13.0. The van der Waals surface area contributed by atoms with E-state index in [4.69, 9.17) is 4.74 Å². The van der Waals surface area contributed by atoms with Crippen LogP contribution in [0.3, 0.4) is 0 Å². The predicted molar refractivity (Wildman–Crippen MR) is 94.5 cm³/mol. The molecule has 0 saturated heterocycles. The van der Waals surface area contributed by atoms with Crippen LogP contribution in [0.25, 0.3) is 10.9 Å². The highest BCUT2D eigenvalue weighted by Gasteiger charge is 2.24. The molecule has 0 radical (unpaired) electrons. The first-order chi connectivity index (χ1) is 11.7. The zero-order valence-electron chi connectivity index (χ0n) is 13.9. The Balaban J connectivity index is 1.68. The average molecular weight is 320 g/mol. The van der Waals surface area contributed by atoms with Gasteiger partial charge in [-0.1, -0.05) is 24.3 Å². The van der Waals surface area contributed by atoms with E-state index in [1.54, 1.807) is 7.11 Å². The lowest BCUT2D eigenvalue weighted by molar-refractivity contribution is 0.0729. The number of carbonyl (C=O) groups excluding carboxylic acids is 1. The molecule has 1 aromatic heterocycles. The second-order valence-corrected chi connectivity index (χ2v) is 6.28. The molecule has 0 unspecified atom stereocenters. The zero-order chi connectivity index (χ0) is 16.7. The number of aromatic nitrogens is 1. The Hall–Kier alpha value is -2.75. The van der Waals surface area contributed by atoms with Crippen LogP contribution in [-0.4, -0.2) is 29.4 Å². The van der Waals surface area contributed by atoms with Crippen LogP contribution in [0.1, 0.15) is 27.2 Å². The molecule has 0 atom stereocenters. The van der Waals surface area contributed by atoms with E-state index in [0.717, 1.165) is 35.2 Å². The van der Waals surface area contributed by atoms with Crippen molar-refractivity contribution in [2.45, 2.75) is 19.9 Å². The van der Waals surface area contributed by atoms with Crippen molar-refractivity contribution in [3.8, 4) is 5.75 Å². The van der Waals surface area contributed by atoms with Crippen LogP contribution in [0.2, 0.25) is 0 Å². The predicted octanol–water partition coefficient (Wildman–Crippen LogP) is 3.68. The number of amides is 1. The molecule has 122 valence electrons. The van der Waals surface area contributed by atoms with E-state index in [-0.39, 0.29) is 5.91 Å². The van der Waals surface area contributed by atoms with Gasteiger partial charge in [-0.05, 0) is 42.2 Å². The molecule has 3 aromatic rings. The summed E-state index contributed by atoms with van der Waals surface area (Å²) in [5.41, 5.74) is 5.20. The minimum absolute atomic E-state index is 0.0668. The van der Waals surface area contributed by atoms with Crippen LogP contribution in [0.4, 0.5) is 0 Å². The van der Waals surface area contributed by atoms with Gasteiger partial charge in [0.1, 0.15) is 11.4 Å². The molecule has 0 aliphatic carbocycles. The van der Waals surface area contributed by atoms with Crippen molar-refractivity contribution in [1.29, 1.82) is 0 Å². The van der Waals surface area contributed by atoms with Crippen LogP contribution < -0.4 is 4.74 Å². The summed E-state index contributed by atoms with van der Waals surface area (Å²) in [7, 11) is 1.65. The number of aromatic amines is 1. The molecule has 4 nitrogen and oxygen atoms in total. The minimum atomic E-state index is 0.0668. The number of aryl methyl sites for hydroxylation is 1. The van der Waals surface area contributed by atoms with Crippen LogP contribution in [-0.2, 0) is 13.0 Å². The Bertz CT molecular complexity index is 927. The summed E-state index contributed by atoms with van der Waals surface area (Å²) in [5, 5.41) is 1.07. The molecule has 0 saturated carbocycles. The van der Waals surface area contributed by atoms with Crippen molar-refractivity contribution in [2.75, 3.05) is 13.7 Å². The van der Waals surface area contributed by atoms with Crippen LogP contribution in [0.5, 0.6) is 5.75 Å². The molecule has 24 heavy (non-hydrogen) atoms. The molecule has 0 spiro atoms. The van der Waals surface area contributed by atoms with Gasteiger partial charge in [-0.15, -0.1) is 0 Å². The number of benzene rings is 2. The number of fused-ring (bicyclic) bond motifs is 2. The third-order valence-electron chi connectivity index (χ3n) is 4.90. The quantitative estimate of drug-likeness (QED) is 0.783. The highest BCUT2D eigenvalue weighted by atomic mass is 16.5. The van der Waals surface area contributed by atoms with Crippen LogP contribution >= 0.6 is 0 Å². The first-order valence-corrected chi connectivity index (χ1v) is 8.20. The lowest BCUT2D eigenvalue weighted by Gasteiger charge is -2.28. The Morgan fingerprint density at radius 2 is 1.96 bits per heavy atom. The lowest BCUT2D eigenvalue weighted by atomic mass is 9.99. The van der Waals surface area contributed by atoms with Crippen molar-refractivity contribution in [2.24, 2.45) is 0 Å². The van der Waals surface area contributed by atoms with Gasteiger partial charge in [-0.2, -0.15) is 0 Å². The smallest absolute Gasteiger partial charge is 0.270 e. The van der Waals surface area contributed by atoms with Gasteiger partial charge in [0, 0.05) is 30.1 Å². The number of nitrogens with one attached hydrogen (secondary N) is 1. The average Bonchev–Trinajstić information content (AvgIpc) is 2.96. The number of carbonyl (C=O) groups is 1. The molecule has 2 aromatic carbocycles. The maximum atomic E-state index is 13.0. The first kappa shape index (κ1) is 14.8. The SMILES string of the molecule is COc1ccc2c(C)c(C(=O)N3CCc4ccccc4C3)[nH]c2c1. The van der Waals surface area contributed by atoms with Gasteiger partial charge in [-0.25, -0.2) is 0 Å². The zero-order valence-corrected chi connectivity index (χ0v) is 13.9. The molecule has 4 rings (SSSR count). The van der Waals surface area contributed by atoms with Gasteiger partial charge in [0.25, 0.3) is 5.91 Å². The van der Waals surface area contributed by atoms with Gasteiger partial charge in [-0.3, -0.25) is 4.79 Å². The van der Waals surface area contributed by atoms with Crippen molar-refractivity contribution in [3.05, 3.63) is 64.8 Å².